The molecule has 0 aliphatic rings. The fourth-order valence-electron chi connectivity index (χ4n) is 3.55. The minimum absolute atomic E-state index is 0.0143. The van der Waals surface area contributed by atoms with Gasteiger partial charge in [0.15, 0.2) is 17.3 Å². The summed E-state index contributed by atoms with van der Waals surface area (Å²) in [6, 6.07) is 16.3. The monoisotopic (exact) mass is 516 g/mol. The van der Waals surface area contributed by atoms with E-state index in [4.69, 9.17) is 18.9 Å². The van der Waals surface area contributed by atoms with Crippen LogP contribution >= 0.6 is 0 Å². The van der Waals surface area contributed by atoms with Crippen molar-refractivity contribution in [2.45, 2.75) is 6.61 Å². The summed E-state index contributed by atoms with van der Waals surface area (Å²) in [5, 5.41) is 19.0. The zero-order chi connectivity index (χ0) is 27.1. The van der Waals surface area contributed by atoms with Gasteiger partial charge in [-0.1, -0.05) is 23.4 Å². The van der Waals surface area contributed by atoms with Gasteiger partial charge < -0.3 is 18.9 Å². The van der Waals surface area contributed by atoms with E-state index in [1.807, 2.05) is 0 Å². The Morgan fingerprint density at radius 1 is 1.00 bits per heavy atom. The number of hydrogen-bond acceptors (Lipinski definition) is 9. The number of methoxy groups -OCH3 is 3. The van der Waals surface area contributed by atoms with Gasteiger partial charge in [-0.3, -0.25) is 14.9 Å². The lowest BCUT2D eigenvalue weighted by atomic mass is 10.1. The minimum atomic E-state index is -0.467. The Balaban J connectivity index is 1.49. The van der Waals surface area contributed by atoms with E-state index in [0.29, 0.717) is 45.5 Å². The molecule has 1 aromatic heterocycles. The average Bonchev–Trinajstić information content (AvgIpc) is 3.43. The molecule has 0 radical (unpaired) electrons. The molecule has 194 valence electrons. The van der Waals surface area contributed by atoms with Crippen LogP contribution in [0.3, 0.4) is 0 Å². The number of nitrogens with zero attached hydrogens (tertiary/aromatic N) is 4. The second kappa shape index (κ2) is 11.7. The summed E-state index contributed by atoms with van der Waals surface area (Å²) in [7, 11) is 4.55. The number of nitro benzene ring substituents is 1. The Kier molecular flexibility index (Phi) is 7.97. The van der Waals surface area contributed by atoms with Crippen molar-refractivity contribution >= 4 is 17.5 Å². The van der Waals surface area contributed by atoms with Gasteiger partial charge in [0.25, 0.3) is 5.69 Å². The zero-order valence-corrected chi connectivity index (χ0v) is 20.9. The topological polar surface area (TPSA) is 128 Å². The first kappa shape index (κ1) is 25.9. The molecule has 0 bridgehead atoms. The highest BCUT2D eigenvalue weighted by atomic mass is 16.6. The lowest BCUT2D eigenvalue weighted by Crippen LogP contribution is -2.01. The van der Waals surface area contributed by atoms with Gasteiger partial charge in [0.1, 0.15) is 18.1 Å². The van der Waals surface area contributed by atoms with Gasteiger partial charge >= 0.3 is 0 Å². The fraction of sp³-hybridized carbons (Fsp3) is 0.148. The first-order chi connectivity index (χ1) is 18.4. The average molecular weight is 517 g/mol. The van der Waals surface area contributed by atoms with Crippen molar-refractivity contribution in [1.82, 2.24) is 15.0 Å². The molecule has 3 aromatic carbocycles. The van der Waals surface area contributed by atoms with Gasteiger partial charge in [-0.25, -0.2) is 4.68 Å². The van der Waals surface area contributed by atoms with E-state index >= 15 is 0 Å². The van der Waals surface area contributed by atoms with Gasteiger partial charge in [0.2, 0.25) is 5.75 Å². The van der Waals surface area contributed by atoms with Crippen molar-refractivity contribution in [3.8, 4) is 28.7 Å². The van der Waals surface area contributed by atoms with E-state index in [0.717, 1.165) is 0 Å². The molecule has 0 aliphatic heterocycles. The summed E-state index contributed by atoms with van der Waals surface area (Å²) >= 11 is 0. The van der Waals surface area contributed by atoms with Gasteiger partial charge in [-0.05, 0) is 48.0 Å². The summed E-state index contributed by atoms with van der Waals surface area (Å²) in [5.41, 5.74) is 2.29. The van der Waals surface area contributed by atoms with Crippen molar-refractivity contribution < 1.29 is 28.7 Å². The molecule has 0 spiro atoms. The Bertz CT molecular complexity index is 1450. The van der Waals surface area contributed by atoms with Crippen molar-refractivity contribution in [1.29, 1.82) is 0 Å². The Labute approximate surface area is 218 Å². The van der Waals surface area contributed by atoms with E-state index in [1.54, 1.807) is 67.9 Å². The molecule has 0 saturated carbocycles. The molecule has 11 heteroatoms. The number of ether oxygens (including phenoxy) is 4. The molecular weight excluding hydrogens is 492 g/mol. The van der Waals surface area contributed by atoms with Gasteiger partial charge in [-0.2, -0.15) is 0 Å². The van der Waals surface area contributed by atoms with Crippen LogP contribution in [0.15, 0.2) is 72.9 Å². The fourth-order valence-corrected chi connectivity index (χ4v) is 3.55. The third kappa shape index (κ3) is 5.95. The van der Waals surface area contributed by atoms with Crippen molar-refractivity contribution in [2.75, 3.05) is 21.3 Å². The summed E-state index contributed by atoms with van der Waals surface area (Å²) < 4.78 is 23.6. The minimum Gasteiger partial charge on any atom is -0.497 e. The van der Waals surface area contributed by atoms with Crippen LogP contribution < -0.4 is 18.9 Å². The standard InChI is InChI=1S/C27H24N4O7/c1-35-23-6-4-5-19(15-23)24(32)12-7-18-13-25(36-2)27(26(14-18)37-3)38-17-20-16-30(29-28-20)21-8-10-22(11-9-21)31(33)34/h4-16H,17H2,1-3H3/b12-7+. The number of carbonyl (C=O) groups is 1. The molecular formula is C27H24N4O7. The molecule has 0 aliphatic carbocycles. The number of hydrogen-bond donors (Lipinski definition) is 0. The molecule has 0 N–H and O–H groups in total. The highest BCUT2D eigenvalue weighted by Gasteiger charge is 2.15. The first-order valence-corrected chi connectivity index (χ1v) is 11.3. The number of allylic oxidation sites excluding steroid dienone is 1. The van der Waals surface area contributed by atoms with Crippen LogP contribution in [-0.4, -0.2) is 47.0 Å². The van der Waals surface area contributed by atoms with Gasteiger partial charge in [-0.15, -0.1) is 5.10 Å². The van der Waals surface area contributed by atoms with E-state index in [-0.39, 0.29) is 18.1 Å². The summed E-state index contributed by atoms with van der Waals surface area (Å²) in [4.78, 5) is 23.0. The molecule has 0 amide bonds. The maximum atomic E-state index is 12.6. The molecule has 4 aromatic rings. The second-order valence-electron chi connectivity index (χ2n) is 7.90. The highest BCUT2D eigenvalue weighted by Crippen LogP contribution is 2.39. The number of non-ortho nitro benzene ring substituents is 1. The van der Waals surface area contributed by atoms with Crippen molar-refractivity contribution in [2.24, 2.45) is 0 Å². The normalized spacial score (nSPS) is 10.8. The summed E-state index contributed by atoms with van der Waals surface area (Å²) in [5.74, 6) is 1.58. The molecule has 1 heterocycles. The second-order valence-corrected chi connectivity index (χ2v) is 7.90. The Hall–Kier alpha value is -5.19. The van der Waals surface area contributed by atoms with Crippen LogP contribution in [0.2, 0.25) is 0 Å². The van der Waals surface area contributed by atoms with E-state index in [2.05, 4.69) is 10.3 Å². The molecule has 11 nitrogen and oxygen atoms in total. The number of carbonyl (C=O) groups excluding carboxylic acids is 1. The maximum absolute atomic E-state index is 12.6. The maximum Gasteiger partial charge on any atom is 0.269 e. The van der Waals surface area contributed by atoms with Crippen LogP contribution in [0.1, 0.15) is 21.6 Å². The first-order valence-electron chi connectivity index (χ1n) is 11.3. The number of rotatable bonds is 11. The largest absolute Gasteiger partial charge is 0.497 e. The third-order valence-corrected chi connectivity index (χ3v) is 5.49. The quantitative estimate of drug-likeness (QED) is 0.121. The molecule has 4 rings (SSSR count). The van der Waals surface area contributed by atoms with E-state index < -0.39 is 4.92 Å². The summed E-state index contributed by atoms with van der Waals surface area (Å²) in [6.45, 7) is 0.0587. The van der Waals surface area contributed by atoms with Crippen LogP contribution in [0, 0.1) is 10.1 Å². The molecule has 0 atom stereocenters. The SMILES string of the molecule is COc1cccc(C(=O)/C=C/c2cc(OC)c(OCc3cn(-c4ccc([N+](=O)[O-])cc4)nn3)c(OC)c2)c1. The van der Waals surface area contributed by atoms with Crippen LogP contribution in [-0.2, 0) is 6.61 Å². The Morgan fingerprint density at radius 2 is 1.71 bits per heavy atom. The number of nitro groups is 1. The molecule has 0 unspecified atom stereocenters. The smallest absolute Gasteiger partial charge is 0.269 e. The van der Waals surface area contributed by atoms with Crippen LogP contribution in [0.25, 0.3) is 11.8 Å². The number of aromatic nitrogens is 3. The molecule has 38 heavy (non-hydrogen) atoms. The lowest BCUT2D eigenvalue weighted by Gasteiger charge is -2.14. The van der Waals surface area contributed by atoms with Gasteiger partial charge in [0, 0.05) is 17.7 Å². The van der Waals surface area contributed by atoms with Crippen molar-refractivity contribution in [3.05, 3.63) is 99.9 Å². The van der Waals surface area contributed by atoms with E-state index in [1.165, 1.54) is 37.1 Å². The van der Waals surface area contributed by atoms with Crippen LogP contribution in [0.5, 0.6) is 23.0 Å². The summed E-state index contributed by atoms with van der Waals surface area (Å²) in [6.07, 6.45) is 4.77. The third-order valence-electron chi connectivity index (χ3n) is 5.49. The number of ketones is 1. The molecule has 0 fully saturated rings. The Morgan fingerprint density at radius 3 is 2.34 bits per heavy atom. The van der Waals surface area contributed by atoms with E-state index in [9.17, 15) is 14.9 Å². The number of benzene rings is 3. The predicted octanol–water partition coefficient (Wildman–Crippen LogP) is 4.68. The molecule has 0 saturated heterocycles. The predicted molar refractivity (Wildman–Crippen MR) is 138 cm³/mol. The highest BCUT2D eigenvalue weighted by molar-refractivity contribution is 6.07. The van der Waals surface area contributed by atoms with Crippen molar-refractivity contribution in [3.63, 3.8) is 0 Å². The van der Waals surface area contributed by atoms with Gasteiger partial charge in [0.05, 0.1) is 38.1 Å². The zero-order valence-electron chi connectivity index (χ0n) is 20.9. The lowest BCUT2D eigenvalue weighted by molar-refractivity contribution is -0.384. The van der Waals surface area contributed by atoms with Crippen LogP contribution in [0.4, 0.5) is 5.69 Å².